The van der Waals surface area contributed by atoms with E-state index in [-0.39, 0.29) is 5.56 Å². The van der Waals surface area contributed by atoms with Crippen molar-refractivity contribution in [2.24, 2.45) is 0 Å². The maximum atomic E-state index is 13.4. The summed E-state index contributed by atoms with van der Waals surface area (Å²) in [6.07, 6.45) is 1.62. The summed E-state index contributed by atoms with van der Waals surface area (Å²) < 4.78 is 8.93. The van der Waals surface area contributed by atoms with Gasteiger partial charge in [0.25, 0.3) is 5.56 Å². The quantitative estimate of drug-likeness (QED) is 0.348. The van der Waals surface area contributed by atoms with Gasteiger partial charge in [0.2, 0.25) is 0 Å². The first kappa shape index (κ1) is 19.5. The van der Waals surface area contributed by atoms with Crippen LogP contribution in [0.1, 0.15) is 35.1 Å². The van der Waals surface area contributed by atoms with Crippen molar-refractivity contribution in [2.45, 2.75) is 51.7 Å². The predicted molar refractivity (Wildman–Crippen MR) is 115 cm³/mol. The van der Waals surface area contributed by atoms with Crippen molar-refractivity contribution in [3.05, 3.63) is 75.1 Å². The number of aromatic nitrogens is 4. The van der Waals surface area contributed by atoms with Gasteiger partial charge < -0.3 is 4.42 Å². The molecular weight excluding hydrogens is 384 g/mol. The molecule has 0 unspecified atom stereocenters. The Kier molecular flexibility index (Phi) is 5.32. The minimum Gasteiger partial charge on any atom is -0.467 e. The third-order valence-electron chi connectivity index (χ3n) is 5.04. The molecule has 0 bridgehead atoms. The van der Waals surface area contributed by atoms with Crippen LogP contribution in [0.2, 0.25) is 0 Å². The summed E-state index contributed by atoms with van der Waals surface area (Å²) in [4.78, 5) is 18.3. The zero-order chi connectivity index (χ0) is 20.5. The van der Waals surface area contributed by atoms with Gasteiger partial charge in [0.15, 0.2) is 10.7 Å². The van der Waals surface area contributed by atoms with E-state index in [1.165, 1.54) is 16.7 Å². The summed E-state index contributed by atoms with van der Waals surface area (Å²) in [6.45, 7) is 9.04. The predicted octanol–water partition coefficient (Wildman–Crippen LogP) is 4.47. The fourth-order valence-electron chi connectivity index (χ4n) is 3.42. The molecule has 0 aliphatic rings. The summed E-state index contributed by atoms with van der Waals surface area (Å²) in [5.41, 5.74) is 5.62. The van der Waals surface area contributed by atoms with Gasteiger partial charge in [-0.25, -0.2) is 4.98 Å². The molecule has 6 nitrogen and oxygen atoms in total. The Hall–Kier alpha value is -2.80. The van der Waals surface area contributed by atoms with Crippen LogP contribution < -0.4 is 5.56 Å². The molecule has 0 aliphatic carbocycles. The number of nitrogens with zero attached hydrogens (tertiary/aromatic N) is 4. The summed E-state index contributed by atoms with van der Waals surface area (Å²) in [5.74, 6) is 1.46. The van der Waals surface area contributed by atoms with E-state index in [1.807, 2.05) is 26.0 Å². The topological polar surface area (TPSA) is 65.8 Å². The average Bonchev–Trinajstić information content (AvgIpc) is 3.33. The third-order valence-corrected chi connectivity index (χ3v) is 6.06. The lowest BCUT2D eigenvalue weighted by molar-refractivity contribution is 0.476. The van der Waals surface area contributed by atoms with Crippen molar-refractivity contribution in [2.75, 3.05) is 0 Å². The number of fused-ring (bicyclic) bond motifs is 1. The largest absolute Gasteiger partial charge is 0.467 e. The number of hydrogen-bond donors (Lipinski definition) is 0. The molecule has 4 rings (SSSR count). The van der Waals surface area contributed by atoms with E-state index in [2.05, 4.69) is 37.1 Å². The molecule has 1 aromatic carbocycles. The van der Waals surface area contributed by atoms with Crippen LogP contribution in [0.15, 0.2) is 51.0 Å². The third kappa shape index (κ3) is 3.74. The van der Waals surface area contributed by atoms with Crippen LogP contribution in [0.25, 0.3) is 11.0 Å². The van der Waals surface area contributed by atoms with Crippen LogP contribution in [-0.4, -0.2) is 19.3 Å². The minimum absolute atomic E-state index is 0.0858. The van der Waals surface area contributed by atoms with Crippen LogP contribution >= 0.6 is 11.8 Å². The van der Waals surface area contributed by atoms with Gasteiger partial charge in [0.1, 0.15) is 11.3 Å². The van der Waals surface area contributed by atoms with E-state index in [4.69, 9.17) is 9.40 Å². The Morgan fingerprint density at radius 2 is 2.00 bits per heavy atom. The standard InChI is InChI=1S/C22H24N4O2S/c1-5-26-20-19(16(4)24-26)23-22(25(21(20)27)12-18-7-6-10-28-18)29-13-17-11-14(2)8-9-15(17)3/h6-11H,5,12-13H2,1-4H3. The summed E-state index contributed by atoms with van der Waals surface area (Å²) in [6, 6.07) is 10.1. The molecule has 0 amide bonds. The maximum Gasteiger partial charge on any atom is 0.280 e. The smallest absolute Gasteiger partial charge is 0.280 e. The lowest BCUT2D eigenvalue weighted by atomic mass is 10.1. The average molecular weight is 409 g/mol. The summed E-state index contributed by atoms with van der Waals surface area (Å²) >= 11 is 1.57. The monoisotopic (exact) mass is 408 g/mol. The Morgan fingerprint density at radius 1 is 1.17 bits per heavy atom. The number of aryl methyl sites for hydroxylation is 4. The zero-order valence-electron chi connectivity index (χ0n) is 17.1. The molecule has 0 fully saturated rings. The second kappa shape index (κ2) is 7.91. The Bertz CT molecular complexity index is 1220. The van der Waals surface area contributed by atoms with Gasteiger partial charge in [-0.1, -0.05) is 35.5 Å². The molecule has 29 heavy (non-hydrogen) atoms. The van der Waals surface area contributed by atoms with Crippen molar-refractivity contribution < 1.29 is 4.42 Å². The molecule has 0 atom stereocenters. The highest BCUT2D eigenvalue weighted by atomic mass is 32.2. The Balaban J connectivity index is 1.81. The molecule has 0 radical (unpaired) electrons. The first-order chi connectivity index (χ1) is 14.0. The van der Waals surface area contributed by atoms with Crippen LogP contribution in [-0.2, 0) is 18.8 Å². The van der Waals surface area contributed by atoms with Gasteiger partial charge in [-0.3, -0.25) is 14.0 Å². The lowest BCUT2D eigenvalue weighted by Crippen LogP contribution is -2.25. The summed E-state index contributed by atoms with van der Waals surface area (Å²) in [7, 11) is 0. The van der Waals surface area contributed by atoms with Gasteiger partial charge in [-0.15, -0.1) is 0 Å². The molecule has 0 aliphatic heterocycles. The van der Waals surface area contributed by atoms with E-state index in [1.54, 1.807) is 27.3 Å². The van der Waals surface area contributed by atoms with E-state index in [9.17, 15) is 4.79 Å². The number of thioether (sulfide) groups is 1. The van der Waals surface area contributed by atoms with Crippen molar-refractivity contribution >= 4 is 22.8 Å². The highest BCUT2D eigenvalue weighted by Gasteiger charge is 2.19. The molecule has 150 valence electrons. The molecule has 7 heteroatoms. The number of hydrogen-bond acceptors (Lipinski definition) is 5. The normalized spacial score (nSPS) is 11.4. The van der Waals surface area contributed by atoms with E-state index in [0.29, 0.717) is 29.3 Å². The second-order valence-electron chi connectivity index (χ2n) is 7.18. The molecule has 3 heterocycles. The van der Waals surface area contributed by atoms with Crippen molar-refractivity contribution in [3.8, 4) is 0 Å². The summed E-state index contributed by atoms with van der Waals surface area (Å²) in [5, 5.41) is 5.18. The fraction of sp³-hybridized carbons (Fsp3) is 0.318. The lowest BCUT2D eigenvalue weighted by Gasteiger charge is -2.13. The van der Waals surface area contributed by atoms with Crippen LogP contribution in [0.5, 0.6) is 0 Å². The molecule has 0 N–H and O–H groups in total. The van der Waals surface area contributed by atoms with E-state index in [0.717, 1.165) is 17.2 Å². The fourth-order valence-corrected chi connectivity index (χ4v) is 4.48. The second-order valence-corrected chi connectivity index (χ2v) is 8.12. The molecule has 3 aromatic heterocycles. The van der Waals surface area contributed by atoms with Crippen molar-refractivity contribution in [1.29, 1.82) is 0 Å². The molecular formula is C22H24N4O2S. The first-order valence-electron chi connectivity index (χ1n) is 9.67. The number of benzene rings is 1. The maximum absolute atomic E-state index is 13.4. The minimum atomic E-state index is -0.0858. The Labute approximate surface area is 173 Å². The van der Waals surface area contributed by atoms with Crippen LogP contribution in [0.4, 0.5) is 0 Å². The number of rotatable bonds is 6. The molecule has 4 aromatic rings. The van der Waals surface area contributed by atoms with Crippen molar-refractivity contribution in [3.63, 3.8) is 0 Å². The SMILES string of the molecule is CCn1nc(C)c2nc(SCc3cc(C)ccc3C)n(Cc3ccco3)c(=O)c21. The van der Waals surface area contributed by atoms with Crippen molar-refractivity contribution in [1.82, 2.24) is 19.3 Å². The molecule has 0 saturated heterocycles. The van der Waals surface area contributed by atoms with Gasteiger partial charge in [-0.2, -0.15) is 5.10 Å². The highest BCUT2D eigenvalue weighted by Crippen LogP contribution is 2.26. The molecule has 0 saturated carbocycles. The van der Waals surface area contributed by atoms with E-state index < -0.39 is 0 Å². The molecule has 0 spiro atoms. The van der Waals surface area contributed by atoms with Gasteiger partial charge in [0.05, 0.1) is 18.5 Å². The highest BCUT2D eigenvalue weighted by molar-refractivity contribution is 7.98. The van der Waals surface area contributed by atoms with Crippen LogP contribution in [0.3, 0.4) is 0 Å². The zero-order valence-corrected chi connectivity index (χ0v) is 17.9. The van der Waals surface area contributed by atoms with E-state index >= 15 is 0 Å². The van der Waals surface area contributed by atoms with Gasteiger partial charge in [-0.05, 0) is 51.0 Å². The number of furan rings is 1. The van der Waals surface area contributed by atoms with Gasteiger partial charge in [0, 0.05) is 12.3 Å². The van der Waals surface area contributed by atoms with Crippen LogP contribution in [0, 0.1) is 20.8 Å². The van der Waals surface area contributed by atoms with Gasteiger partial charge >= 0.3 is 0 Å². The Morgan fingerprint density at radius 3 is 2.72 bits per heavy atom. The first-order valence-corrected chi connectivity index (χ1v) is 10.7.